The van der Waals surface area contributed by atoms with Gasteiger partial charge in [-0.2, -0.15) is 0 Å². The van der Waals surface area contributed by atoms with Crippen molar-refractivity contribution in [3.8, 4) is 0 Å². The number of carbonyl (C=O) groups is 2. The third-order valence-electron chi connectivity index (χ3n) is 7.33. The standard InChI is InChI=1S/C35H47N3O6S/c1-25(2)29(24-45(42,43)36-23-28-19-13-8-14-20-28)33(40)37-30(21-26-15-9-6-10-16-26)32(39)31(22-27-17-11-7-12-18-27)38-34(41)44-35(3,4)5/h6-20,25,29-32,36,39H,21-24H2,1-5H3,(H,37,40)(H,38,41). The van der Waals surface area contributed by atoms with Crippen LogP contribution in [0.25, 0.3) is 0 Å². The number of rotatable bonds is 15. The monoisotopic (exact) mass is 637 g/mol. The van der Waals surface area contributed by atoms with Crippen molar-refractivity contribution in [2.75, 3.05) is 5.75 Å². The van der Waals surface area contributed by atoms with Gasteiger partial charge < -0.3 is 20.5 Å². The summed E-state index contributed by atoms with van der Waals surface area (Å²) in [6, 6.07) is 26.2. The SMILES string of the molecule is CC(C)C(CS(=O)(=O)NCc1ccccc1)C(=O)NC(Cc1ccccc1)C(O)C(Cc1ccccc1)NC(=O)OC(C)(C)C. The first-order chi connectivity index (χ1) is 21.2. The molecular formula is C35H47N3O6S. The lowest BCUT2D eigenvalue weighted by molar-refractivity contribution is -0.127. The Morgan fingerprint density at radius 1 is 0.756 bits per heavy atom. The van der Waals surface area contributed by atoms with Gasteiger partial charge in [0.05, 0.1) is 29.9 Å². The van der Waals surface area contributed by atoms with Gasteiger partial charge in [0, 0.05) is 6.54 Å². The second-order valence-electron chi connectivity index (χ2n) is 12.7. The minimum absolute atomic E-state index is 0.114. The number of ether oxygens (including phenoxy) is 1. The molecule has 0 saturated carbocycles. The van der Waals surface area contributed by atoms with Gasteiger partial charge in [-0.3, -0.25) is 4.79 Å². The van der Waals surface area contributed by atoms with Gasteiger partial charge in [-0.05, 0) is 56.2 Å². The molecule has 2 amide bonds. The molecule has 45 heavy (non-hydrogen) atoms. The Balaban J connectivity index is 1.86. The highest BCUT2D eigenvalue weighted by molar-refractivity contribution is 7.89. The molecule has 4 N–H and O–H groups in total. The van der Waals surface area contributed by atoms with Crippen LogP contribution in [0.5, 0.6) is 0 Å². The molecule has 3 aromatic rings. The summed E-state index contributed by atoms with van der Waals surface area (Å²) in [5.74, 6) is -2.12. The Bertz CT molecular complexity index is 1440. The molecule has 0 radical (unpaired) electrons. The first-order valence-corrected chi connectivity index (χ1v) is 16.9. The molecule has 0 aliphatic heterocycles. The third kappa shape index (κ3) is 12.7. The number of aliphatic hydroxyl groups is 1. The van der Waals surface area contributed by atoms with Gasteiger partial charge in [0.1, 0.15) is 5.60 Å². The predicted molar refractivity (Wildman–Crippen MR) is 177 cm³/mol. The van der Waals surface area contributed by atoms with E-state index in [4.69, 9.17) is 4.74 Å². The Morgan fingerprint density at radius 2 is 1.20 bits per heavy atom. The predicted octanol–water partition coefficient (Wildman–Crippen LogP) is 4.60. The average Bonchev–Trinajstić information content (AvgIpc) is 2.98. The van der Waals surface area contributed by atoms with Crippen LogP contribution >= 0.6 is 0 Å². The number of sulfonamides is 1. The Labute approximate surface area is 267 Å². The normalized spacial score (nSPS) is 14.6. The Morgan fingerprint density at radius 3 is 1.64 bits per heavy atom. The summed E-state index contributed by atoms with van der Waals surface area (Å²) in [5, 5.41) is 17.6. The fourth-order valence-corrected chi connectivity index (χ4v) is 6.45. The molecule has 3 aromatic carbocycles. The minimum atomic E-state index is -3.82. The van der Waals surface area contributed by atoms with E-state index >= 15 is 0 Å². The molecule has 0 aromatic heterocycles. The van der Waals surface area contributed by atoms with Crippen molar-refractivity contribution in [2.24, 2.45) is 11.8 Å². The largest absolute Gasteiger partial charge is 0.444 e. The Kier molecular flexibility index (Phi) is 13.1. The van der Waals surface area contributed by atoms with Crippen LogP contribution in [0, 0.1) is 11.8 Å². The van der Waals surface area contributed by atoms with Gasteiger partial charge in [0.15, 0.2) is 0 Å². The smallest absolute Gasteiger partial charge is 0.407 e. The van der Waals surface area contributed by atoms with Crippen LogP contribution in [-0.2, 0) is 38.9 Å². The van der Waals surface area contributed by atoms with E-state index in [9.17, 15) is 23.1 Å². The van der Waals surface area contributed by atoms with E-state index in [-0.39, 0.29) is 25.3 Å². The van der Waals surface area contributed by atoms with Crippen LogP contribution in [0.4, 0.5) is 4.79 Å². The quantitative estimate of drug-likeness (QED) is 0.193. The van der Waals surface area contributed by atoms with Crippen molar-refractivity contribution in [1.82, 2.24) is 15.4 Å². The van der Waals surface area contributed by atoms with E-state index in [1.54, 1.807) is 34.6 Å². The topological polar surface area (TPSA) is 134 Å². The van der Waals surface area contributed by atoms with E-state index in [2.05, 4.69) is 15.4 Å². The zero-order chi connectivity index (χ0) is 33.0. The van der Waals surface area contributed by atoms with Crippen molar-refractivity contribution in [3.63, 3.8) is 0 Å². The molecule has 3 rings (SSSR count). The van der Waals surface area contributed by atoms with Gasteiger partial charge in [-0.25, -0.2) is 17.9 Å². The van der Waals surface area contributed by atoms with Crippen LogP contribution in [0.2, 0.25) is 0 Å². The molecule has 0 saturated heterocycles. The zero-order valence-corrected chi connectivity index (χ0v) is 27.6. The maximum atomic E-state index is 13.8. The van der Waals surface area contributed by atoms with Gasteiger partial charge >= 0.3 is 6.09 Å². The number of carbonyl (C=O) groups excluding carboxylic acids is 2. The minimum Gasteiger partial charge on any atom is -0.444 e. The van der Waals surface area contributed by atoms with Crippen LogP contribution in [-0.4, -0.2) is 55.1 Å². The highest BCUT2D eigenvalue weighted by Gasteiger charge is 2.35. The molecule has 4 atom stereocenters. The number of alkyl carbamates (subject to hydrolysis) is 1. The van der Waals surface area contributed by atoms with Crippen molar-refractivity contribution in [3.05, 3.63) is 108 Å². The van der Waals surface area contributed by atoms with Crippen molar-refractivity contribution >= 4 is 22.0 Å². The third-order valence-corrected chi connectivity index (χ3v) is 8.71. The van der Waals surface area contributed by atoms with Crippen molar-refractivity contribution in [1.29, 1.82) is 0 Å². The van der Waals surface area contributed by atoms with Crippen LogP contribution in [0.3, 0.4) is 0 Å². The summed E-state index contributed by atoms with van der Waals surface area (Å²) in [7, 11) is -3.82. The summed E-state index contributed by atoms with van der Waals surface area (Å²) in [6.07, 6.45) is -1.42. The van der Waals surface area contributed by atoms with Gasteiger partial charge in [-0.15, -0.1) is 0 Å². The first-order valence-electron chi connectivity index (χ1n) is 15.3. The molecule has 9 nitrogen and oxygen atoms in total. The molecule has 4 unspecified atom stereocenters. The molecule has 244 valence electrons. The second kappa shape index (κ2) is 16.5. The number of hydrogen-bond acceptors (Lipinski definition) is 6. The number of amides is 2. The summed E-state index contributed by atoms with van der Waals surface area (Å²) in [4.78, 5) is 26.7. The lowest BCUT2D eigenvalue weighted by Gasteiger charge is -2.33. The zero-order valence-electron chi connectivity index (χ0n) is 26.8. The van der Waals surface area contributed by atoms with E-state index in [0.717, 1.165) is 16.7 Å². The van der Waals surface area contributed by atoms with Gasteiger partial charge in [0.25, 0.3) is 0 Å². The lowest BCUT2D eigenvalue weighted by Crippen LogP contribution is -2.57. The summed E-state index contributed by atoms with van der Waals surface area (Å²) in [6.45, 7) is 8.96. The van der Waals surface area contributed by atoms with E-state index in [1.807, 2.05) is 91.0 Å². The van der Waals surface area contributed by atoms with Crippen LogP contribution in [0.1, 0.15) is 51.3 Å². The summed E-state index contributed by atoms with van der Waals surface area (Å²) < 4.78 is 34.2. The molecular weight excluding hydrogens is 590 g/mol. The molecule has 0 spiro atoms. The number of aliphatic hydroxyl groups excluding tert-OH is 1. The fraction of sp³-hybridized carbons (Fsp3) is 0.429. The van der Waals surface area contributed by atoms with E-state index < -0.39 is 57.5 Å². The van der Waals surface area contributed by atoms with Gasteiger partial charge in [-0.1, -0.05) is 105 Å². The van der Waals surface area contributed by atoms with Crippen molar-refractivity contribution in [2.45, 2.75) is 77.8 Å². The maximum Gasteiger partial charge on any atom is 0.407 e. The molecule has 0 heterocycles. The number of hydrogen-bond donors (Lipinski definition) is 4. The van der Waals surface area contributed by atoms with E-state index in [1.165, 1.54) is 0 Å². The number of nitrogens with one attached hydrogen (secondary N) is 3. The van der Waals surface area contributed by atoms with Crippen LogP contribution in [0.15, 0.2) is 91.0 Å². The molecule has 0 fully saturated rings. The average molecular weight is 638 g/mol. The second-order valence-corrected chi connectivity index (χ2v) is 14.5. The number of benzene rings is 3. The van der Waals surface area contributed by atoms with Crippen LogP contribution < -0.4 is 15.4 Å². The fourth-order valence-electron chi connectivity index (χ4n) is 4.93. The highest BCUT2D eigenvalue weighted by atomic mass is 32.2. The maximum absolute atomic E-state index is 13.8. The van der Waals surface area contributed by atoms with Crippen molar-refractivity contribution < 1.29 is 27.9 Å². The molecule has 0 aliphatic rings. The first kappa shape index (κ1) is 35.7. The molecule has 0 bridgehead atoms. The van der Waals surface area contributed by atoms with Gasteiger partial charge in [0.2, 0.25) is 15.9 Å². The molecule has 0 aliphatic carbocycles. The van der Waals surface area contributed by atoms with E-state index in [0.29, 0.717) is 0 Å². The summed E-state index contributed by atoms with van der Waals surface area (Å²) in [5.41, 5.74) is 1.78. The Hall–Kier alpha value is -3.73. The lowest BCUT2D eigenvalue weighted by atomic mass is 9.91. The summed E-state index contributed by atoms with van der Waals surface area (Å²) >= 11 is 0. The highest BCUT2D eigenvalue weighted by Crippen LogP contribution is 2.19. The molecule has 10 heteroatoms.